The average molecular weight is 479 g/mol. The van der Waals surface area contributed by atoms with Gasteiger partial charge in [0.1, 0.15) is 0 Å². The lowest BCUT2D eigenvalue weighted by atomic mass is 10.0. The van der Waals surface area contributed by atoms with Crippen molar-refractivity contribution in [2.45, 2.75) is 23.6 Å². The predicted octanol–water partition coefficient (Wildman–Crippen LogP) is 3.72. The number of benzene rings is 2. The number of sulfone groups is 1. The van der Waals surface area contributed by atoms with E-state index in [9.17, 15) is 18.0 Å². The first-order chi connectivity index (χ1) is 16.4. The van der Waals surface area contributed by atoms with Crippen LogP contribution in [0.1, 0.15) is 37.7 Å². The second-order valence-electron chi connectivity index (χ2n) is 8.16. The number of H-pyrrole nitrogens is 1. The van der Waals surface area contributed by atoms with Gasteiger partial charge in [-0.3, -0.25) is 4.79 Å². The van der Waals surface area contributed by atoms with Crippen molar-refractivity contribution in [2.75, 3.05) is 13.7 Å². The summed E-state index contributed by atoms with van der Waals surface area (Å²) >= 11 is 0. The Morgan fingerprint density at radius 3 is 2.68 bits per heavy atom. The van der Waals surface area contributed by atoms with Gasteiger partial charge in [-0.15, -0.1) is 0 Å². The minimum Gasteiger partial charge on any atom is -0.465 e. The number of amides is 1. The molecule has 0 spiro atoms. The summed E-state index contributed by atoms with van der Waals surface area (Å²) in [6.07, 6.45) is 1.94. The van der Waals surface area contributed by atoms with E-state index in [1.54, 1.807) is 35.2 Å². The number of nitrogens with one attached hydrogen (secondary N) is 1. The Labute approximate surface area is 196 Å². The molecule has 0 bridgehead atoms. The molecule has 1 aliphatic heterocycles. The third-order valence-electron chi connectivity index (χ3n) is 6.07. The van der Waals surface area contributed by atoms with Gasteiger partial charge in [0, 0.05) is 47.2 Å². The SMILES string of the molecule is COC(=O)c1ccc2[nH]c3c(c2c1)CN(C(=O)c1occc1CS(=O)(=O)c1ccccc1)CC3. The Bertz CT molecular complexity index is 1500. The van der Waals surface area contributed by atoms with Gasteiger partial charge in [0.2, 0.25) is 0 Å². The first kappa shape index (κ1) is 22.0. The van der Waals surface area contributed by atoms with Crippen molar-refractivity contribution < 1.29 is 27.2 Å². The molecule has 1 aliphatic rings. The molecule has 9 heteroatoms. The number of carbonyl (C=O) groups is 2. The van der Waals surface area contributed by atoms with Crippen LogP contribution in [0.3, 0.4) is 0 Å². The number of hydrogen-bond acceptors (Lipinski definition) is 6. The summed E-state index contributed by atoms with van der Waals surface area (Å²) in [7, 11) is -2.30. The number of esters is 1. The summed E-state index contributed by atoms with van der Waals surface area (Å²) in [5.74, 6) is -1.10. The van der Waals surface area contributed by atoms with E-state index in [4.69, 9.17) is 9.15 Å². The Morgan fingerprint density at radius 2 is 1.91 bits per heavy atom. The first-order valence-electron chi connectivity index (χ1n) is 10.7. The zero-order valence-corrected chi connectivity index (χ0v) is 19.2. The molecule has 34 heavy (non-hydrogen) atoms. The van der Waals surface area contributed by atoms with Gasteiger partial charge in [-0.1, -0.05) is 18.2 Å². The highest BCUT2D eigenvalue weighted by Gasteiger charge is 2.29. The Morgan fingerprint density at radius 1 is 1.12 bits per heavy atom. The predicted molar refractivity (Wildman–Crippen MR) is 124 cm³/mol. The van der Waals surface area contributed by atoms with Crippen LogP contribution in [0.5, 0.6) is 0 Å². The van der Waals surface area contributed by atoms with Gasteiger partial charge in [0.05, 0.1) is 29.6 Å². The van der Waals surface area contributed by atoms with E-state index in [-0.39, 0.29) is 22.3 Å². The minimum atomic E-state index is -3.63. The second kappa shape index (κ2) is 8.49. The van der Waals surface area contributed by atoms with Crippen LogP contribution in [0, 0.1) is 0 Å². The normalized spacial score (nSPS) is 13.6. The third-order valence-corrected chi connectivity index (χ3v) is 7.75. The number of rotatable bonds is 5. The molecule has 3 heterocycles. The van der Waals surface area contributed by atoms with Crippen LogP contribution < -0.4 is 0 Å². The lowest BCUT2D eigenvalue weighted by Crippen LogP contribution is -2.36. The van der Waals surface area contributed by atoms with Crippen LogP contribution in [0.2, 0.25) is 0 Å². The van der Waals surface area contributed by atoms with Crippen molar-refractivity contribution in [1.29, 1.82) is 0 Å². The molecule has 174 valence electrons. The molecule has 2 aromatic heterocycles. The van der Waals surface area contributed by atoms with Crippen molar-refractivity contribution in [2.24, 2.45) is 0 Å². The monoisotopic (exact) mass is 478 g/mol. The summed E-state index contributed by atoms with van der Waals surface area (Å²) in [5.41, 5.74) is 3.56. The minimum absolute atomic E-state index is 0.0260. The van der Waals surface area contributed by atoms with Crippen LogP contribution in [0.15, 0.2) is 70.2 Å². The lowest BCUT2D eigenvalue weighted by molar-refractivity contribution is 0.0600. The van der Waals surface area contributed by atoms with E-state index in [1.165, 1.54) is 31.6 Å². The van der Waals surface area contributed by atoms with Crippen molar-refractivity contribution in [3.8, 4) is 0 Å². The molecule has 5 rings (SSSR count). The highest BCUT2D eigenvalue weighted by molar-refractivity contribution is 7.90. The quantitative estimate of drug-likeness (QED) is 0.438. The fourth-order valence-corrected chi connectivity index (χ4v) is 5.70. The number of aromatic amines is 1. The number of hydrogen-bond donors (Lipinski definition) is 1. The summed E-state index contributed by atoms with van der Waals surface area (Å²) in [4.78, 5) is 30.5. The molecule has 1 amide bonds. The number of methoxy groups -OCH3 is 1. The maximum atomic E-state index is 13.3. The molecular formula is C25H22N2O6S. The molecule has 1 N–H and O–H groups in total. The number of carbonyl (C=O) groups excluding carboxylic acids is 2. The van der Waals surface area contributed by atoms with Gasteiger partial charge in [-0.25, -0.2) is 13.2 Å². The van der Waals surface area contributed by atoms with Gasteiger partial charge in [0.25, 0.3) is 5.91 Å². The van der Waals surface area contributed by atoms with E-state index in [2.05, 4.69) is 4.98 Å². The fourth-order valence-electron chi connectivity index (χ4n) is 4.33. The van der Waals surface area contributed by atoms with E-state index >= 15 is 0 Å². The standard InChI is InChI=1S/C25H22N2O6S/c1-32-25(29)16-7-8-21-19(13-16)20-14-27(11-9-22(20)26-21)24(28)23-17(10-12-33-23)15-34(30,31)18-5-3-2-4-6-18/h2-8,10,12-13,26H,9,11,14-15H2,1H3. The van der Waals surface area contributed by atoms with Crippen LogP contribution in [0.25, 0.3) is 10.9 Å². The van der Waals surface area contributed by atoms with Crippen molar-refractivity contribution in [3.63, 3.8) is 0 Å². The number of nitrogens with zero attached hydrogens (tertiary/aromatic N) is 1. The van der Waals surface area contributed by atoms with Crippen LogP contribution in [-0.2, 0) is 33.3 Å². The fraction of sp³-hybridized carbons (Fsp3) is 0.200. The molecule has 0 saturated carbocycles. The molecule has 4 aromatic rings. The van der Waals surface area contributed by atoms with E-state index in [0.717, 1.165) is 22.2 Å². The van der Waals surface area contributed by atoms with Gasteiger partial charge in [-0.2, -0.15) is 0 Å². The molecule has 0 radical (unpaired) electrons. The maximum Gasteiger partial charge on any atom is 0.337 e. The molecule has 2 aromatic carbocycles. The van der Waals surface area contributed by atoms with Gasteiger partial charge in [-0.05, 0) is 36.4 Å². The highest BCUT2D eigenvalue weighted by atomic mass is 32.2. The Kier molecular flexibility index (Phi) is 5.49. The van der Waals surface area contributed by atoms with Gasteiger partial charge >= 0.3 is 5.97 Å². The smallest absolute Gasteiger partial charge is 0.337 e. The molecule has 0 saturated heterocycles. The number of furan rings is 1. The largest absolute Gasteiger partial charge is 0.465 e. The van der Waals surface area contributed by atoms with Crippen LogP contribution in [0.4, 0.5) is 0 Å². The van der Waals surface area contributed by atoms with Crippen LogP contribution in [-0.4, -0.2) is 43.8 Å². The molecular weight excluding hydrogens is 456 g/mol. The van der Waals surface area contributed by atoms with Gasteiger partial charge < -0.3 is 19.0 Å². The van der Waals surface area contributed by atoms with Crippen molar-refractivity contribution in [3.05, 3.63) is 89.0 Å². The summed E-state index contributed by atoms with van der Waals surface area (Å²) in [6, 6.07) is 14.9. The lowest BCUT2D eigenvalue weighted by Gasteiger charge is -2.27. The molecule has 0 atom stereocenters. The average Bonchev–Trinajstić information content (AvgIpc) is 3.46. The Balaban J connectivity index is 1.42. The second-order valence-corrected chi connectivity index (χ2v) is 10.1. The zero-order valence-electron chi connectivity index (χ0n) is 18.4. The summed E-state index contributed by atoms with van der Waals surface area (Å²) < 4.78 is 35.9. The zero-order chi connectivity index (χ0) is 23.9. The molecule has 8 nitrogen and oxygen atoms in total. The topological polar surface area (TPSA) is 110 Å². The summed E-state index contributed by atoms with van der Waals surface area (Å²) in [5, 5.41) is 0.849. The molecule has 0 unspecified atom stereocenters. The Hall–Kier alpha value is -3.85. The number of ether oxygens (including phenoxy) is 1. The van der Waals surface area contributed by atoms with Crippen molar-refractivity contribution >= 4 is 32.6 Å². The first-order valence-corrected chi connectivity index (χ1v) is 12.4. The van der Waals surface area contributed by atoms with E-state index in [0.29, 0.717) is 30.6 Å². The maximum absolute atomic E-state index is 13.3. The number of aromatic nitrogens is 1. The van der Waals surface area contributed by atoms with E-state index in [1.807, 2.05) is 6.07 Å². The van der Waals surface area contributed by atoms with E-state index < -0.39 is 15.8 Å². The highest BCUT2D eigenvalue weighted by Crippen LogP contribution is 2.30. The molecule has 0 aliphatic carbocycles. The third kappa shape index (κ3) is 3.88. The van der Waals surface area contributed by atoms with Crippen LogP contribution >= 0.6 is 0 Å². The van der Waals surface area contributed by atoms with Gasteiger partial charge in [0.15, 0.2) is 15.6 Å². The molecule has 0 fully saturated rings. The summed E-state index contributed by atoms with van der Waals surface area (Å²) in [6.45, 7) is 0.762. The number of fused-ring (bicyclic) bond motifs is 3. The van der Waals surface area contributed by atoms with Crippen molar-refractivity contribution in [1.82, 2.24) is 9.88 Å².